The molecular formula is C33H25Cl3N2O6. The van der Waals surface area contributed by atoms with E-state index in [1.54, 1.807) is 42.5 Å². The minimum Gasteiger partial charge on any atom is -0.490 e. The molecule has 0 fully saturated rings. The maximum atomic E-state index is 12.5. The van der Waals surface area contributed by atoms with Crippen LogP contribution in [0.5, 0.6) is 28.7 Å². The summed E-state index contributed by atoms with van der Waals surface area (Å²) in [5.41, 5.74) is 8.74. The number of nitrogens with zero attached hydrogens (tertiary/aromatic N) is 1. The fourth-order valence-electron chi connectivity index (χ4n) is 4.57. The minimum atomic E-state index is -0.667. The molecule has 4 aromatic carbocycles. The van der Waals surface area contributed by atoms with Crippen molar-refractivity contribution in [2.75, 3.05) is 13.2 Å². The van der Waals surface area contributed by atoms with Crippen LogP contribution in [0.25, 0.3) is 0 Å². The van der Waals surface area contributed by atoms with Crippen LogP contribution in [-0.4, -0.2) is 19.2 Å². The molecule has 5 rings (SSSR count). The number of fused-ring (bicyclic) bond motifs is 1. The summed E-state index contributed by atoms with van der Waals surface area (Å²) in [6.07, 6.45) is 0. The number of esters is 1. The predicted molar refractivity (Wildman–Crippen MR) is 167 cm³/mol. The van der Waals surface area contributed by atoms with Gasteiger partial charge in [-0.2, -0.15) is 5.26 Å². The van der Waals surface area contributed by atoms with Gasteiger partial charge in [-0.3, -0.25) is 0 Å². The monoisotopic (exact) mass is 650 g/mol. The highest BCUT2D eigenvalue weighted by Crippen LogP contribution is 2.45. The fraction of sp³-hybridized carbons (Fsp3) is 0.152. The molecule has 1 atom stereocenters. The van der Waals surface area contributed by atoms with Crippen molar-refractivity contribution in [1.82, 2.24) is 0 Å². The van der Waals surface area contributed by atoms with Crippen molar-refractivity contribution in [3.05, 3.63) is 122 Å². The van der Waals surface area contributed by atoms with Gasteiger partial charge < -0.3 is 29.4 Å². The lowest BCUT2D eigenvalue weighted by atomic mass is 9.83. The van der Waals surface area contributed by atoms with Crippen LogP contribution >= 0.6 is 34.8 Å². The number of nitriles is 1. The van der Waals surface area contributed by atoms with Gasteiger partial charge in [0, 0.05) is 21.7 Å². The van der Waals surface area contributed by atoms with Crippen LogP contribution in [0.1, 0.15) is 29.5 Å². The smallest absolute Gasteiger partial charge is 0.349 e. The predicted octanol–water partition coefficient (Wildman–Crippen LogP) is 7.83. The topological polar surface area (TPSA) is 113 Å². The van der Waals surface area contributed by atoms with E-state index in [1.165, 1.54) is 12.1 Å². The van der Waals surface area contributed by atoms with Gasteiger partial charge in [-0.05, 0) is 66.6 Å². The van der Waals surface area contributed by atoms with Crippen molar-refractivity contribution < 1.29 is 28.5 Å². The Kier molecular flexibility index (Phi) is 9.71. The van der Waals surface area contributed by atoms with Gasteiger partial charge in [0.2, 0.25) is 5.88 Å². The number of allylic oxidation sites excluding steroid dienone is 1. The highest BCUT2D eigenvalue weighted by molar-refractivity contribution is 6.35. The van der Waals surface area contributed by atoms with Crippen molar-refractivity contribution in [2.45, 2.75) is 19.4 Å². The summed E-state index contributed by atoms with van der Waals surface area (Å²) in [7, 11) is 0. The van der Waals surface area contributed by atoms with E-state index in [4.69, 9.17) is 64.2 Å². The first-order valence-corrected chi connectivity index (χ1v) is 14.5. The van der Waals surface area contributed by atoms with Gasteiger partial charge in [-0.25, -0.2) is 4.79 Å². The van der Waals surface area contributed by atoms with E-state index < -0.39 is 18.5 Å². The Balaban J connectivity index is 1.36. The van der Waals surface area contributed by atoms with Crippen LogP contribution in [-0.2, 0) is 11.4 Å². The Morgan fingerprint density at radius 1 is 0.886 bits per heavy atom. The van der Waals surface area contributed by atoms with Gasteiger partial charge in [0.05, 0.1) is 17.5 Å². The molecule has 1 heterocycles. The summed E-state index contributed by atoms with van der Waals surface area (Å²) in [4.78, 5) is 12.5. The van der Waals surface area contributed by atoms with Crippen LogP contribution in [0.4, 0.5) is 0 Å². The van der Waals surface area contributed by atoms with E-state index in [0.29, 0.717) is 51.8 Å². The number of ether oxygens (including phenoxy) is 5. The molecule has 8 nitrogen and oxygen atoms in total. The Morgan fingerprint density at radius 2 is 1.64 bits per heavy atom. The number of hydrogen-bond donors (Lipinski definition) is 1. The van der Waals surface area contributed by atoms with E-state index in [1.807, 2.05) is 31.2 Å². The maximum absolute atomic E-state index is 12.5. The number of rotatable bonds is 10. The third kappa shape index (κ3) is 7.14. The van der Waals surface area contributed by atoms with Crippen molar-refractivity contribution in [2.24, 2.45) is 5.73 Å². The summed E-state index contributed by atoms with van der Waals surface area (Å²) in [5.74, 6) is 0.571. The largest absolute Gasteiger partial charge is 0.490 e. The lowest BCUT2D eigenvalue weighted by molar-refractivity contribution is -0.136. The number of carbonyl (C=O) groups excluding carboxylic acids is 1. The van der Waals surface area contributed by atoms with Gasteiger partial charge in [0.15, 0.2) is 18.1 Å². The average Bonchev–Trinajstić information content (AvgIpc) is 3.00. The number of halogens is 3. The van der Waals surface area contributed by atoms with E-state index in [2.05, 4.69) is 6.07 Å². The zero-order chi connectivity index (χ0) is 31.2. The van der Waals surface area contributed by atoms with Gasteiger partial charge in [-0.15, -0.1) is 0 Å². The van der Waals surface area contributed by atoms with E-state index in [0.717, 1.165) is 11.1 Å². The molecule has 0 saturated carbocycles. The Morgan fingerprint density at radius 3 is 2.36 bits per heavy atom. The zero-order valence-electron chi connectivity index (χ0n) is 23.3. The molecule has 1 aliphatic heterocycles. The highest BCUT2D eigenvalue weighted by Gasteiger charge is 2.32. The molecule has 0 aromatic heterocycles. The van der Waals surface area contributed by atoms with Gasteiger partial charge in [0.1, 0.15) is 35.5 Å². The fourth-order valence-corrected chi connectivity index (χ4v) is 5.15. The molecule has 0 amide bonds. The first-order chi connectivity index (χ1) is 21.2. The molecule has 1 aliphatic rings. The Hall–Kier alpha value is -4.55. The maximum Gasteiger partial charge on any atom is 0.349 e. The van der Waals surface area contributed by atoms with Gasteiger partial charge in [-0.1, -0.05) is 59.1 Å². The van der Waals surface area contributed by atoms with Crippen LogP contribution in [0.3, 0.4) is 0 Å². The second-order valence-electron chi connectivity index (χ2n) is 9.52. The molecule has 11 heteroatoms. The second kappa shape index (κ2) is 13.8. The van der Waals surface area contributed by atoms with E-state index >= 15 is 0 Å². The lowest BCUT2D eigenvalue weighted by Crippen LogP contribution is -2.22. The standard InChI is InChI=1S/C33H25Cl3N2O6/c1-2-40-30-13-20(5-11-28(30)41-17-19-3-6-21(34)7-4-19)32-24-10-9-23(15-29(24)44-33(38)25(32)16-37)43-31(39)18-42-27-12-8-22(35)14-26(27)36/h3-15,32H,2,17-18,38H2,1H3. The summed E-state index contributed by atoms with van der Waals surface area (Å²) < 4.78 is 28.6. The molecular weight excluding hydrogens is 627 g/mol. The normalized spacial score (nSPS) is 13.8. The number of carbonyl (C=O) groups is 1. The Labute approximate surface area is 269 Å². The zero-order valence-corrected chi connectivity index (χ0v) is 25.6. The summed E-state index contributed by atoms with van der Waals surface area (Å²) in [6, 6.07) is 24.5. The van der Waals surface area contributed by atoms with Crippen LogP contribution in [0.15, 0.2) is 90.3 Å². The lowest BCUT2D eigenvalue weighted by Gasteiger charge is -2.27. The number of nitrogens with two attached hydrogens (primary N) is 1. The average molecular weight is 652 g/mol. The van der Waals surface area contributed by atoms with Crippen LogP contribution in [0, 0.1) is 11.3 Å². The highest BCUT2D eigenvalue weighted by atomic mass is 35.5. The molecule has 44 heavy (non-hydrogen) atoms. The summed E-state index contributed by atoms with van der Waals surface area (Å²) in [6.45, 7) is 2.19. The van der Waals surface area contributed by atoms with Crippen molar-refractivity contribution in [1.29, 1.82) is 5.26 Å². The SMILES string of the molecule is CCOc1cc(C2C(C#N)=C(N)Oc3cc(OC(=O)COc4ccc(Cl)cc4Cl)ccc32)ccc1OCc1ccc(Cl)cc1. The van der Waals surface area contributed by atoms with E-state index in [9.17, 15) is 10.1 Å². The summed E-state index contributed by atoms with van der Waals surface area (Å²) >= 11 is 18.0. The molecule has 0 bridgehead atoms. The van der Waals surface area contributed by atoms with Crippen LogP contribution in [0.2, 0.25) is 15.1 Å². The van der Waals surface area contributed by atoms with Crippen LogP contribution < -0.4 is 29.4 Å². The first-order valence-electron chi connectivity index (χ1n) is 13.4. The molecule has 0 spiro atoms. The molecule has 1 unspecified atom stereocenters. The molecule has 0 saturated heterocycles. The second-order valence-corrected chi connectivity index (χ2v) is 10.8. The third-order valence-electron chi connectivity index (χ3n) is 6.57. The molecule has 0 aliphatic carbocycles. The molecule has 224 valence electrons. The first kappa shape index (κ1) is 30.9. The van der Waals surface area contributed by atoms with Crippen molar-refractivity contribution >= 4 is 40.8 Å². The number of benzene rings is 4. The summed E-state index contributed by atoms with van der Waals surface area (Å²) in [5, 5.41) is 11.4. The quantitative estimate of drug-likeness (QED) is 0.136. The van der Waals surface area contributed by atoms with Crippen molar-refractivity contribution in [3.8, 4) is 34.8 Å². The van der Waals surface area contributed by atoms with Gasteiger partial charge >= 0.3 is 5.97 Å². The molecule has 0 radical (unpaired) electrons. The van der Waals surface area contributed by atoms with Crippen molar-refractivity contribution in [3.63, 3.8) is 0 Å². The molecule has 2 N–H and O–H groups in total. The Bertz CT molecular complexity index is 1770. The third-order valence-corrected chi connectivity index (χ3v) is 7.35. The van der Waals surface area contributed by atoms with E-state index in [-0.39, 0.29) is 22.2 Å². The molecule has 4 aromatic rings. The number of hydrogen-bond acceptors (Lipinski definition) is 8. The van der Waals surface area contributed by atoms with Gasteiger partial charge in [0.25, 0.3) is 0 Å². The minimum absolute atomic E-state index is 0.0600.